The van der Waals surface area contributed by atoms with E-state index in [4.69, 9.17) is 11.5 Å². The highest BCUT2D eigenvalue weighted by Gasteiger charge is 2.30. The molecule has 0 radical (unpaired) electrons. The number of aromatic amines is 1. The fraction of sp³-hybridized carbons (Fsp3) is 0.667. The summed E-state index contributed by atoms with van der Waals surface area (Å²) in [5.41, 5.74) is 12.2. The van der Waals surface area contributed by atoms with E-state index in [1.807, 2.05) is 13.8 Å². The van der Waals surface area contributed by atoms with E-state index in [-0.39, 0.29) is 30.9 Å². The van der Waals surface area contributed by atoms with Gasteiger partial charge in [0, 0.05) is 24.1 Å². The molecule has 0 aromatic carbocycles. The number of rotatable bonds is 16. The molecule has 0 fully saturated rings. The number of unbranched alkanes of at least 4 members (excludes halogenated alkanes) is 1. The summed E-state index contributed by atoms with van der Waals surface area (Å²) < 4.78 is 0. The van der Waals surface area contributed by atoms with Gasteiger partial charge in [-0.15, -0.1) is 0 Å². The van der Waals surface area contributed by atoms with Gasteiger partial charge in [0.15, 0.2) is 0 Å². The minimum atomic E-state index is -1.16. The molecular weight excluding hydrogens is 462 g/mol. The van der Waals surface area contributed by atoms with Crippen molar-refractivity contribution in [3.8, 4) is 0 Å². The normalized spacial score (nSPS) is 14.6. The third-order valence-electron chi connectivity index (χ3n) is 5.05. The first-order valence-electron chi connectivity index (χ1n) is 11.3. The smallest absolute Gasteiger partial charge is 0.326 e. The van der Waals surface area contributed by atoms with Gasteiger partial charge in [-0.1, -0.05) is 13.8 Å². The van der Waals surface area contributed by atoms with E-state index < -0.39 is 47.9 Å². The van der Waals surface area contributed by atoms with Crippen LogP contribution in [0.1, 0.15) is 45.2 Å². The van der Waals surface area contributed by atoms with Crippen LogP contribution in [0.2, 0.25) is 0 Å². The first-order chi connectivity index (χ1) is 16.1. The van der Waals surface area contributed by atoms with E-state index >= 15 is 0 Å². The number of nitrogens with two attached hydrogens (primary N) is 2. The topological polar surface area (TPSA) is 205 Å². The van der Waals surface area contributed by atoms with Crippen molar-refractivity contribution in [2.45, 2.75) is 70.1 Å². The van der Waals surface area contributed by atoms with Crippen LogP contribution in [-0.2, 0) is 25.6 Å². The Morgan fingerprint density at radius 1 is 1.06 bits per heavy atom. The van der Waals surface area contributed by atoms with Crippen molar-refractivity contribution < 1.29 is 24.3 Å². The summed E-state index contributed by atoms with van der Waals surface area (Å²) in [7, 11) is 0. The first-order valence-corrected chi connectivity index (χ1v) is 11.9. The van der Waals surface area contributed by atoms with Crippen LogP contribution < -0.4 is 27.4 Å². The van der Waals surface area contributed by atoms with Gasteiger partial charge in [0.1, 0.15) is 18.1 Å². The minimum absolute atomic E-state index is 0.0403. The summed E-state index contributed by atoms with van der Waals surface area (Å²) in [5, 5.41) is 17.0. The van der Waals surface area contributed by atoms with Crippen LogP contribution in [0.4, 0.5) is 0 Å². The Kier molecular flexibility index (Phi) is 13.2. The molecule has 0 aliphatic rings. The standard InChI is InChI=1S/C21H37N7O5S/c1-12(2)7-16(21(32)33)27-20(31)17(10-34)28-19(30)15(5-3-4-6-22)26-18(29)14(23)8-13-9-24-11-25-13/h9,11-12,14-17,34H,3-8,10,22-23H2,1-2H3,(H,24,25)(H,26,29)(H,27,31)(H,28,30)(H,32,33). The lowest BCUT2D eigenvalue weighted by molar-refractivity contribution is -0.142. The molecule has 4 unspecified atom stereocenters. The lowest BCUT2D eigenvalue weighted by Crippen LogP contribution is -2.57. The van der Waals surface area contributed by atoms with Crippen molar-refractivity contribution in [1.29, 1.82) is 0 Å². The monoisotopic (exact) mass is 499 g/mol. The molecule has 34 heavy (non-hydrogen) atoms. The van der Waals surface area contributed by atoms with Crippen molar-refractivity contribution in [2.75, 3.05) is 12.3 Å². The lowest BCUT2D eigenvalue weighted by Gasteiger charge is -2.25. The van der Waals surface area contributed by atoms with Crippen LogP contribution in [0.15, 0.2) is 12.5 Å². The number of imidazole rings is 1. The van der Waals surface area contributed by atoms with Crippen LogP contribution in [0.25, 0.3) is 0 Å². The Bertz CT molecular complexity index is 790. The number of amides is 3. The molecule has 0 aliphatic carbocycles. The second-order valence-electron chi connectivity index (χ2n) is 8.51. The maximum absolute atomic E-state index is 12.9. The first kappa shape index (κ1) is 29.4. The molecule has 4 atom stereocenters. The number of nitrogens with zero attached hydrogens (tertiary/aromatic N) is 1. The number of hydrogen-bond acceptors (Lipinski definition) is 8. The van der Waals surface area contributed by atoms with Crippen molar-refractivity contribution in [3.63, 3.8) is 0 Å². The van der Waals surface area contributed by atoms with Gasteiger partial charge in [-0.3, -0.25) is 14.4 Å². The largest absolute Gasteiger partial charge is 0.480 e. The molecule has 0 aliphatic heterocycles. The van der Waals surface area contributed by atoms with Crippen molar-refractivity contribution in [3.05, 3.63) is 18.2 Å². The van der Waals surface area contributed by atoms with Gasteiger partial charge in [-0.25, -0.2) is 9.78 Å². The summed E-state index contributed by atoms with van der Waals surface area (Å²) in [6.45, 7) is 4.10. The highest BCUT2D eigenvalue weighted by atomic mass is 32.1. The summed E-state index contributed by atoms with van der Waals surface area (Å²) in [6.07, 6.45) is 4.97. The Labute approximate surface area is 204 Å². The number of hydrogen-bond donors (Lipinski definition) is 8. The number of thiol groups is 1. The van der Waals surface area contributed by atoms with E-state index in [2.05, 4.69) is 38.5 Å². The van der Waals surface area contributed by atoms with Gasteiger partial charge >= 0.3 is 5.97 Å². The zero-order chi connectivity index (χ0) is 25.7. The molecule has 13 heteroatoms. The molecule has 1 aromatic rings. The number of carbonyl (C=O) groups excluding carboxylic acids is 3. The quantitative estimate of drug-likeness (QED) is 0.103. The average Bonchev–Trinajstić information content (AvgIpc) is 3.28. The average molecular weight is 500 g/mol. The van der Waals surface area contributed by atoms with E-state index in [9.17, 15) is 24.3 Å². The Morgan fingerprint density at radius 3 is 2.21 bits per heavy atom. The Balaban J connectivity index is 2.82. The maximum atomic E-state index is 12.9. The van der Waals surface area contributed by atoms with Crippen molar-refractivity contribution in [1.82, 2.24) is 25.9 Å². The molecule has 1 aromatic heterocycles. The van der Waals surface area contributed by atoms with Gasteiger partial charge < -0.3 is 37.5 Å². The van der Waals surface area contributed by atoms with Crippen LogP contribution in [0.3, 0.4) is 0 Å². The third-order valence-corrected chi connectivity index (χ3v) is 5.41. The minimum Gasteiger partial charge on any atom is -0.480 e. The van der Waals surface area contributed by atoms with Gasteiger partial charge in [-0.2, -0.15) is 12.6 Å². The molecule has 192 valence electrons. The van der Waals surface area contributed by atoms with E-state index in [0.29, 0.717) is 25.1 Å². The zero-order valence-corrected chi connectivity index (χ0v) is 20.5. The summed E-state index contributed by atoms with van der Waals surface area (Å²) in [4.78, 5) is 56.4. The molecule has 1 rings (SSSR count). The number of aromatic nitrogens is 2. The highest BCUT2D eigenvalue weighted by Crippen LogP contribution is 2.07. The summed E-state index contributed by atoms with van der Waals surface area (Å²) >= 11 is 4.12. The molecule has 0 bridgehead atoms. The molecule has 0 spiro atoms. The van der Waals surface area contributed by atoms with Gasteiger partial charge in [-0.05, 0) is 38.1 Å². The van der Waals surface area contributed by atoms with Crippen molar-refractivity contribution in [2.24, 2.45) is 17.4 Å². The molecule has 9 N–H and O–H groups in total. The van der Waals surface area contributed by atoms with E-state index in [1.54, 1.807) is 6.20 Å². The highest BCUT2D eigenvalue weighted by molar-refractivity contribution is 7.80. The predicted octanol–water partition coefficient (Wildman–Crippen LogP) is -1.08. The molecule has 3 amide bonds. The number of carboxylic acid groups (broad SMARTS) is 1. The molecule has 0 saturated carbocycles. The summed E-state index contributed by atoms with van der Waals surface area (Å²) in [5.74, 6) is -2.97. The SMILES string of the molecule is CC(C)CC(NC(=O)C(CS)NC(=O)C(CCCCN)NC(=O)C(N)Cc1cnc[nH]1)C(=O)O. The predicted molar refractivity (Wildman–Crippen MR) is 130 cm³/mol. The second kappa shape index (κ2) is 15.3. The zero-order valence-electron chi connectivity index (χ0n) is 19.6. The van der Waals surface area contributed by atoms with Crippen molar-refractivity contribution >= 4 is 36.3 Å². The van der Waals surface area contributed by atoms with Gasteiger partial charge in [0.25, 0.3) is 0 Å². The lowest BCUT2D eigenvalue weighted by atomic mass is 10.0. The van der Waals surface area contributed by atoms with E-state index in [1.165, 1.54) is 6.33 Å². The Morgan fingerprint density at radius 2 is 1.68 bits per heavy atom. The van der Waals surface area contributed by atoms with Crippen LogP contribution in [0.5, 0.6) is 0 Å². The number of carboxylic acids is 1. The van der Waals surface area contributed by atoms with Crippen LogP contribution in [-0.4, -0.2) is 75.2 Å². The molecule has 0 saturated heterocycles. The maximum Gasteiger partial charge on any atom is 0.326 e. The van der Waals surface area contributed by atoms with Crippen LogP contribution in [0, 0.1) is 5.92 Å². The molecule has 1 heterocycles. The summed E-state index contributed by atoms with van der Waals surface area (Å²) in [6, 6.07) is -4.04. The van der Waals surface area contributed by atoms with Gasteiger partial charge in [0.05, 0.1) is 12.4 Å². The fourth-order valence-electron chi connectivity index (χ4n) is 3.20. The number of aliphatic carboxylic acids is 1. The molecular formula is C21H37N7O5S. The van der Waals surface area contributed by atoms with Gasteiger partial charge in [0.2, 0.25) is 17.7 Å². The Hall–Kier alpha value is -2.64. The molecule has 12 nitrogen and oxygen atoms in total. The second-order valence-corrected chi connectivity index (χ2v) is 8.87. The fourth-order valence-corrected chi connectivity index (χ4v) is 3.46. The van der Waals surface area contributed by atoms with E-state index in [0.717, 1.165) is 0 Å². The number of carbonyl (C=O) groups is 4. The number of H-pyrrole nitrogens is 1. The number of nitrogens with one attached hydrogen (secondary N) is 4. The third kappa shape index (κ3) is 10.5. The van der Waals surface area contributed by atoms with Crippen LogP contribution >= 0.6 is 12.6 Å².